The summed E-state index contributed by atoms with van der Waals surface area (Å²) in [6.45, 7) is 2.49. The monoisotopic (exact) mass is 385 g/mol. The number of anilines is 1. The SMILES string of the molecule is CC(Oc1ccc2ccccc2c1)C(=O)Nc1cnn(CCc2ccccc2)c1. The average Bonchev–Trinajstić information content (AvgIpc) is 3.20. The number of hydrogen-bond acceptors (Lipinski definition) is 3. The van der Waals surface area contributed by atoms with E-state index in [1.807, 2.05) is 71.5 Å². The van der Waals surface area contributed by atoms with Crippen molar-refractivity contribution >= 4 is 22.4 Å². The van der Waals surface area contributed by atoms with E-state index in [2.05, 4.69) is 22.5 Å². The van der Waals surface area contributed by atoms with Crippen molar-refractivity contribution in [3.63, 3.8) is 0 Å². The molecule has 0 bridgehead atoms. The third-order valence-corrected chi connectivity index (χ3v) is 4.78. The minimum Gasteiger partial charge on any atom is -0.481 e. The highest BCUT2D eigenvalue weighted by Crippen LogP contribution is 2.21. The maximum Gasteiger partial charge on any atom is 0.265 e. The lowest BCUT2D eigenvalue weighted by atomic mass is 10.1. The Kier molecular flexibility index (Phi) is 5.56. The fourth-order valence-electron chi connectivity index (χ4n) is 3.18. The van der Waals surface area contributed by atoms with Gasteiger partial charge >= 0.3 is 0 Å². The number of rotatable bonds is 7. The van der Waals surface area contributed by atoms with Crippen molar-refractivity contribution in [1.82, 2.24) is 9.78 Å². The lowest BCUT2D eigenvalue weighted by molar-refractivity contribution is -0.122. The number of ether oxygens (including phenoxy) is 1. The molecule has 1 N–H and O–H groups in total. The molecule has 29 heavy (non-hydrogen) atoms. The first-order chi connectivity index (χ1) is 14.2. The molecule has 1 amide bonds. The largest absolute Gasteiger partial charge is 0.481 e. The van der Waals surface area contributed by atoms with E-state index in [0.717, 1.165) is 23.7 Å². The number of carbonyl (C=O) groups is 1. The standard InChI is InChI=1S/C24H23N3O2/c1-18(29-23-12-11-20-9-5-6-10-21(20)15-23)24(28)26-22-16-25-27(17-22)14-13-19-7-3-2-4-8-19/h2-12,15-18H,13-14H2,1H3,(H,26,28). The summed E-state index contributed by atoms with van der Waals surface area (Å²) in [7, 11) is 0. The van der Waals surface area contributed by atoms with Crippen LogP contribution < -0.4 is 10.1 Å². The molecule has 1 heterocycles. The number of aromatic nitrogens is 2. The first-order valence-corrected chi connectivity index (χ1v) is 9.70. The Morgan fingerprint density at radius 1 is 1.03 bits per heavy atom. The van der Waals surface area contributed by atoms with Crippen LogP contribution in [0, 0.1) is 0 Å². The maximum absolute atomic E-state index is 12.5. The Morgan fingerprint density at radius 2 is 1.79 bits per heavy atom. The van der Waals surface area contributed by atoms with Gasteiger partial charge in [-0.25, -0.2) is 0 Å². The van der Waals surface area contributed by atoms with Crippen LogP contribution in [0.5, 0.6) is 5.75 Å². The van der Waals surface area contributed by atoms with Crippen molar-refractivity contribution in [3.05, 3.63) is 90.8 Å². The van der Waals surface area contributed by atoms with Crippen LogP contribution in [0.3, 0.4) is 0 Å². The zero-order valence-corrected chi connectivity index (χ0v) is 16.3. The van der Waals surface area contributed by atoms with Crippen LogP contribution in [0.4, 0.5) is 5.69 Å². The normalized spacial score (nSPS) is 11.9. The number of nitrogens with one attached hydrogen (secondary N) is 1. The topological polar surface area (TPSA) is 56.1 Å². The molecule has 0 saturated heterocycles. The highest BCUT2D eigenvalue weighted by atomic mass is 16.5. The van der Waals surface area contributed by atoms with Crippen molar-refractivity contribution in [2.24, 2.45) is 0 Å². The van der Waals surface area contributed by atoms with Gasteiger partial charge in [0.15, 0.2) is 6.10 Å². The second-order valence-corrected chi connectivity index (χ2v) is 6.99. The summed E-state index contributed by atoms with van der Waals surface area (Å²) in [6.07, 6.45) is 3.76. The van der Waals surface area contributed by atoms with Gasteiger partial charge in [-0.05, 0) is 41.8 Å². The van der Waals surface area contributed by atoms with Gasteiger partial charge < -0.3 is 10.1 Å². The van der Waals surface area contributed by atoms with E-state index in [-0.39, 0.29) is 5.91 Å². The molecule has 1 atom stereocenters. The highest BCUT2D eigenvalue weighted by Gasteiger charge is 2.16. The Morgan fingerprint density at radius 3 is 2.62 bits per heavy atom. The first-order valence-electron chi connectivity index (χ1n) is 9.70. The fraction of sp³-hybridized carbons (Fsp3) is 0.167. The Balaban J connectivity index is 1.33. The van der Waals surface area contributed by atoms with Gasteiger partial charge in [-0.2, -0.15) is 5.10 Å². The smallest absolute Gasteiger partial charge is 0.265 e. The lowest BCUT2D eigenvalue weighted by Gasteiger charge is -2.14. The van der Waals surface area contributed by atoms with Crippen LogP contribution in [0.2, 0.25) is 0 Å². The molecule has 1 aromatic heterocycles. The number of nitrogens with zero attached hydrogens (tertiary/aromatic N) is 2. The number of amides is 1. The van der Waals surface area contributed by atoms with Gasteiger partial charge in [0.25, 0.3) is 5.91 Å². The third-order valence-electron chi connectivity index (χ3n) is 4.78. The third kappa shape index (κ3) is 4.82. The van der Waals surface area contributed by atoms with E-state index in [9.17, 15) is 4.79 Å². The number of aryl methyl sites for hydroxylation is 2. The molecule has 0 spiro atoms. The minimum absolute atomic E-state index is 0.208. The summed E-state index contributed by atoms with van der Waals surface area (Å²) < 4.78 is 7.66. The van der Waals surface area contributed by atoms with Gasteiger partial charge in [-0.1, -0.05) is 60.7 Å². The molecule has 3 aromatic carbocycles. The number of benzene rings is 3. The zero-order valence-electron chi connectivity index (χ0n) is 16.3. The summed E-state index contributed by atoms with van der Waals surface area (Å²) in [5.41, 5.74) is 1.92. The molecular weight excluding hydrogens is 362 g/mol. The van der Waals surface area contributed by atoms with Gasteiger partial charge in [0.2, 0.25) is 0 Å². The number of carbonyl (C=O) groups excluding carboxylic acids is 1. The van der Waals surface area contributed by atoms with Crippen molar-refractivity contribution in [2.75, 3.05) is 5.32 Å². The lowest BCUT2D eigenvalue weighted by Crippen LogP contribution is -2.30. The molecule has 0 aliphatic rings. The molecule has 4 aromatic rings. The van der Waals surface area contributed by atoms with Gasteiger partial charge in [0.05, 0.1) is 11.9 Å². The second kappa shape index (κ2) is 8.61. The van der Waals surface area contributed by atoms with Gasteiger partial charge in [-0.15, -0.1) is 0 Å². The number of hydrogen-bond donors (Lipinski definition) is 1. The molecule has 0 aliphatic carbocycles. The molecule has 0 saturated carbocycles. The van der Waals surface area contributed by atoms with Crippen LogP contribution in [0.15, 0.2) is 85.2 Å². The van der Waals surface area contributed by atoms with E-state index in [1.54, 1.807) is 13.1 Å². The Hall–Kier alpha value is -3.60. The van der Waals surface area contributed by atoms with Crippen molar-refractivity contribution < 1.29 is 9.53 Å². The van der Waals surface area contributed by atoms with Crippen LogP contribution >= 0.6 is 0 Å². The molecule has 5 heteroatoms. The van der Waals surface area contributed by atoms with E-state index >= 15 is 0 Å². The molecule has 146 valence electrons. The average molecular weight is 385 g/mol. The van der Waals surface area contributed by atoms with Crippen LogP contribution in [-0.4, -0.2) is 21.8 Å². The van der Waals surface area contributed by atoms with Crippen molar-refractivity contribution in [2.45, 2.75) is 26.0 Å². The summed E-state index contributed by atoms with van der Waals surface area (Å²) in [5.74, 6) is 0.464. The van der Waals surface area contributed by atoms with E-state index in [0.29, 0.717) is 11.4 Å². The summed E-state index contributed by atoms with van der Waals surface area (Å²) in [4.78, 5) is 12.5. The van der Waals surface area contributed by atoms with E-state index in [4.69, 9.17) is 4.74 Å². The molecule has 4 rings (SSSR count). The summed E-state index contributed by atoms with van der Waals surface area (Å²) in [5, 5.41) is 9.41. The molecule has 5 nitrogen and oxygen atoms in total. The van der Waals surface area contributed by atoms with Crippen molar-refractivity contribution in [3.8, 4) is 5.75 Å². The van der Waals surface area contributed by atoms with Gasteiger partial charge in [0.1, 0.15) is 5.75 Å². The Labute approximate surface area is 169 Å². The molecule has 0 aliphatic heterocycles. The quantitative estimate of drug-likeness (QED) is 0.502. The van der Waals surface area contributed by atoms with Gasteiger partial charge in [0, 0.05) is 12.7 Å². The highest BCUT2D eigenvalue weighted by molar-refractivity contribution is 5.94. The minimum atomic E-state index is -0.621. The summed E-state index contributed by atoms with van der Waals surface area (Å²) >= 11 is 0. The van der Waals surface area contributed by atoms with E-state index < -0.39 is 6.10 Å². The zero-order chi connectivity index (χ0) is 20.1. The molecular formula is C24H23N3O2. The van der Waals surface area contributed by atoms with Crippen LogP contribution in [0.25, 0.3) is 10.8 Å². The molecule has 0 radical (unpaired) electrons. The van der Waals surface area contributed by atoms with E-state index in [1.165, 1.54) is 5.56 Å². The van der Waals surface area contributed by atoms with Crippen molar-refractivity contribution in [1.29, 1.82) is 0 Å². The summed E-state index contributed by atoms with van der Waals surface area (Å²) in [6, 6.07) is 24.1. The maximum atomic E-state index is 12.5. The predicted molar refractivity (Wildman–Crippen MR) is 115 cm³/mol. The first kappa shape index (κ1) is 18.7. The molecule has 1 unspecified atom stereocenters. The predicted octanol–water partition coefficient (Wildman–Crippen LogP) is 4.69. The van der Waals surface area contributed by atoms with Crippen LogP contribution in [0.1, 0.15) is 12.5 Å². The Bertz CT molecular complexity index is 1110. The van der Waals surface area contributed by atoms with Crippen LogP contribution in [-0.2, 0) is 17.8 Å². The van der Waals surface area contributed by atoms with Gasteiger partial charge in [-0.3, -0.25) is 9.48 Å². The second-order valence-electron chi connectivity index (χ2n) is 6.99. The molecule has 0 fully saturated rings. The fourth-order valence-corrected chi connectivity index (χ4v) is 3.18. The number of fused-ring (bicyclic) bond motifs is 1.